The van der Waals surface area contributed by atoms with Crippen LogP contribution >= 0.6 is 0 Å². The Hall–Kier alpha value is -1.60. The van der Waals surface area contributed by atoms with Crippen LogP contribution in [0.3, 0.4) is 0 Å². The molecule has 2 aliphatic rings. The van der Waals surface area contributed by atoms with Crippen molar-refractivity contribution in [2.75, 3.05) is 11.4 Å². The molecule has 1 aliphatic carbocycles. The fourth-order valence-corrected chi connectivity index (χ4v) is 5.20. The summed E-state index contributed by atoms with van der Waals surface area (Å²) >= 11 is 0. The Morgan fingerprint density at radius 1 is 1.27 bits per heavy atom. The van der Waals surface area contributed by atoms with E-state index in [0.29, 0.717) is 23.9 Å². The highest BCUT2D eigenvalue weighted by Gasteiger charge is 2.35. The topological polar surface area (TPSA) is 75.7 Å². The molecule has 1 aliphatic heterocycles. The number of hydrogen-bond donors (Lipinski definition) is 1. The van der Waals surface area contributed by atoms with Crippen molar-refractivity contribution in [1.29, 1.82) is 0 Å². The smallest absolute Gasteiger partial charge is 0.240 e. The van der Waals surface area contributed by atoms with Crippen molar-refractivity contribution in [3.05, 3.63) is 18.2 Å². The number of fused-ring (bicyclic) bond motifs is 1. The Kier molecular flexibility index (Phi) is 5.05. The Morgan fingerprint density at radius 2 is 1.96 bits per heavy atom. The maximum atomic E-state index is 12.9. The number of hydrogen-bond acceptors (Lipinski definition) is 4. The third kappa shape index (κ3) is 3.88. The average molecular weight is 381 g/mol. The third-order valence-electron chi connectivity index (χ3n) is 5.25. The molecule has 0 saturated heterocycles. The van der Waals surface area contributed by atoms with E-state index in [0.717, 1.165) is 25.7 Å². The van der Waals surface area contributed by atoms with Crippen LogP contribution in [0.25, 0.3) is 0 Å². The summed E-state index contributed by atoms with van der Waals surface area (Å²) in [6, 6.07) is 4.70. The van der Waals surface area contributed by atoms with Gasteiger partial charge in [-0.25, -0.2) is 13.1 Å². The fourth-order valence-electron chi connectivity index (χ4n) is 3.80. The molecule has 1 amide bonds. The van der Waals surface area contributed by atoms with Gasteiger partial charge in [-0.05, 0) is 50.8 Å². The molecule has 7 heteroatoms. The number of rotatable bonds is 3. The lowest BCUT2D eigenvalue weighted by molar-refractivity contribution is -0.117. The largest absolute Gasteiger partial charge is 0.484 e. The predicted octanol–water partition coefficient (Wildman–Crippen LogP) is 3.07. The molecular formula is C19H28N2O4S. The number of carbonyl (C=O) groups excluding carboxylic acids is 1. The lowest BCUT2D eigenvalue weighted by Crippen LogP contribution is -2.48. The molecule has 2 atom stereocenters. The van der Waals surface area contributed by atoms with Crippen LogP contribution in [0.1, 0.15) is 53.4 Å². The standard InChI is InChI=1S/C19H28N2O4S/c1-13-7-5-6-8-16(13)20-26(23,24)15-9-10-18-17(11-15)21(14(2)22)12-19(3,4)25-18/h9-11,13,16,20H,5-8,12H2,1-4H3. The van der Waals surface area contributed by atoms with E-state index in [2.05, 4.69) is 11.6 Å². The third-order valence-corrected chi connectivity index (χ3v) is 6.74. The second kappa shape index (κ2) is 6.85. The fraction of sp³-hybridized carbons (Fsp3) is 0.632. The van der Waals surface area contributed by atoms with E-state index in [9.17, 15) is 13.2 Å². The molecule has 1 fully saturated rings. The van der Waals surface area contributed by atoms with Gasteiger partial charge in [0, 0.05) is 13.0 Å². The number of sulfonamides is 1. The first-order chi connectivity index (χ1) is 12.1. The zero-order valence-electron chi connectivity index (χ0n) is 15.9. The van der Waals surface area contributed by atoms with E-state index in [4.69, 9.17) is 4.74 Å². The molecule has 1 saturated carbocycles. The molecule has 6 nitrogen and oxygen atoms in total. The second-order valence-electron chi connectivity index (χ2n) is 8.09. The van der Waals surface area contributed by atoms with Crippen molar-refractivity contribution in [2.24, 2.45) is 5.92 Å². The zero-order valence-corrected chi connectivity index (χ0v) is 16.7. The molecule has 0 bridgehead atoms. The number of ether oxygens (including phenoxy) is 1. The van der Waals surface area contributed by atoms with Crippen molar-refractivity contribution in [2.45, 2.75) is 69.9 Å². The number of benzene rings is 1. The van der Waals surface area contributed by atoms with Crippen LogP contribution in [-0.4, -0.2) is 32.5 Å². The second-order valence-corrected chi connectivity index (χ2v) is 9.80. The molecule has 1 N–H and O–H groups in total. The van der Waals surface area contributed by atoms with Gasteiger partial charge in [0.2, 0.25) is 15.9 Å². The summed E-state index contributed by atoms with van der Waals surface area (Å²) in [5, 5.41) is 0. The first-order valence-corrected chi connectivity index (χ1v) is 10.7. The number of anilines is 1. The van der Waals surface area contributed by atoms with Crippen molar-refractivity contribution in [1.82, 2.24) is 4.72 Å². The van der Waals surface area contributed by atoms with Crippen LogP contribution in [0.15, 0.2) is 23.1 Å². The molecule has 1 aromatic carbocycles. The summed E-state index contributed by atoms with van der Waals surface area (Å²) in [4.78, 5) is 13.8. The van der Waals surface area contributed by atoms with Gasteiger partial charge < -0.3 is 9.64 Å². The zero-order chi connectivity index (χ0) is 19.1. The summed E-state index contributed by atoms with van der Waals surface area (Å²) < 4.78 is 34.5. The normalized spacial score (nSPS) is 25.3. The summed E-state index contributed by atoms with van der Waals surface area (Å²) in [5.74, 6) is 0.724. The Balaban J connectivity index is 1.92. The maximum absolute atomic E-state index is 12.9. The van der Waals surface area contributed by atoms with Crippen molar-refractivity contribution < 1.29 is 17.9 Å². The van der Waals surface area contributed by atoms with Gasteiger partial charge in [0.1, 0.15) is 11.4 Å². The van der Waals surface area contributed by atoms with Crippen LogP contribution in [-0.2, 0) is 14.8 Å². The molecule has 1 aromatic rings. The first kappa shape index (κ1) is 19.2. The van der Waals surface area contributed by atoms with E-state index in [1.54, 1.807) is 23.1 Å². The molecule has 0 aromatic heterocycles. The maximum Gasteiger partial charge on any atom is 0.240 e. The average Bonchev–Trinajstić information content (AvgIpc) is 2.54. The number of amides is 1. The highest BCUT2D eigenvalue weighted by atomic mass is 32.2. The van der Waals surface area contributed by atoms with Gasteiger partial charge in [0.25, 0.3) is 0 Å². The van der Waals surface area contributed by atoms with Crippen LogP contribution in [0, 0.1) is 5.92 Å². The molecule has 0 spiro atoms. The molecule has 3 rings (SSSR count). The van der Waals surface area contributed by atoms with Gasteiger partial charge in [0.15, 0.2) is 0 Å². The number of nitrogens with zero attached hydrogens (tertiary/aromatic N) is 1. The van der Waals surface area contributed by atoms with Gasteiger partial charge in [-0.1, -0.05) is 19.8 Å². The van der Waals surface area contributed by atoms with Crippen LogP contribution in [0.5, 0.6) is 5.75 Å². The van der Waals surface area contributed by atoms with Gasteiger partial charge >= 0.3 is 0 Å². The first-order valence-electron chi connectivity index (χ1n) is 9.22. The van der Waals surface area contributed by atoms with E-state index in [1.165, 1.54) is 6.92 Å². The predicted molar refractivity (Wildman–Crippen MR) is 101 cm³/mol. The molecule has 26 heavy (non-hydrogen) atoms. The van der Waals surface area contributed by atoms with Crippen molar-refractivity contribution in [3.63, 3.8) is 0 Å². The lowest BCUT2D eigenvalue weighted by atomic mass is 9.87. The van der Waals surface area contributed by atoms with Gasteiger partial charge in [-0.15, -0.1) is 0 Å². The number of nitrogens with one attached hydrogen (secondary N) is 1. The summed E-state index contributed by atoms with van der Waals surface area (Å²) in [7, 11) is -3.65. The quantitative estimate of drug-likeness (QED) is 0.874. The Bertz CT molecular complexity index is 804. The lowest BCUT2D eigenvalue weighted by Gasteiger charge is -2.39. The van der Waals surface area contributed by atoms with E-state index in [-0.39, 0.29) is 16.8 Å². The van der Waals surface area contributed by atoms with E-state index < -0.39 is 15.6 Å². The van der Waals surface area contributed by atoms with Gasteiger partial charge in [-0.2, -0.15) is 0 Å². The van der Waals surface area contributed by atoms with Crippen molar-refractivity contribution >= 4 is 21.6 Å². The molecule has 0 radical (unpaired) electrons. The number of carbonyl (C=O) groups is 1. The highest BCUT2D eigenvalue weighted by Crippen LogP contribution is 2.38. The minimum absolute atomic E-state index is 0.0381. The molecule has 1 heterocycles. The highest BCUT2D eigenvalue weighted by molar-refractivity contribution is 7.89. The molecule has 2 unspecified atom stereocenters. The summed E-state index contributed by atoms with van der Waals surface area (Å²) in [6.45, 7) is 7.76. The van der Waals surface area contributed by atoms with Crippen molar-refractivity contribution in [3.8, 4) is 5.75 Å². The molecule has 144 valence electrons. The summed E-state index contributed by atoms with van der Waals surface area (Å²) in [6.07, 6.45) is 4.10. The van der Waals surface area contributed by atoms with E-state index in [1.807, 2.05) is 13.8 Å². The van der Waals surface area contributed by atoms with Crippen LogP contribution < -0.4 is 14.4 Å². The summed E-state index contributed by atoms with van der Waals surface area (Å²) in [5.41, 5.74) is -0.00846. The van der Waals surface area contributed by atoms with E-state index >= 15 is 0 Å². The van der Waals surface area contributed by atoms with Gasteiger partial charge in [0.05, 0.1) is 17.1 Å². The molecular weight excluding hydrogens is 352 g/mol. The minimum Gasteiger partial charge on any atom is -0.484 e. The van der Waals surface area contributed by atoms with Crippen LogP contribution in [0.2, 0.25) is 0 Å². The van der Waals surface area contributed by atoms with Gasteiger partial charge in [-0.3, -0.25) is 4.79 Å². The Labute approximate surface area is 156 Å². The monoisotopic (exact) mass is 380 g/mol. The SMILES string of the molecule is CC(=O)N1CC(C)(C)Oc2ccc(S(=O)(=O)NC3CCCCC3C)cc21. The minimum atomic E-state index is -3.65. The van der Waals surface area contributed by atoms with Crippen LogP contribution in [0.4, 0.5) is 5.69 Å². The Morgan fingerprint density at radius 3 is 2.62 bits per heavy atom.